The molecule has 1 aromatic carbocycles. The molecule has 0 radical (unpaired) electrons. The van der Waals surface area contributed by atoms with Crippen molar-refractivity contribution in [3.05, 3.63) is 64.8 Å². The van der Waals surface area contributed by atoms with E-state index in [-0.39, 0.29) is 24.3 Å². The van der Waals surface area contributed by atoms with E-state index in [1.165, 1.54) is 5.57 Å². The minimum Gasteiger partial charge on any atom is -0.457 e. The van der Waals surface area contributed by atoms with E-state index in [0.717, 1.165) is 42.4 Å². The lowest BCUT2D eigenvalue weighted by Crippen LogP contribution is -2.52. The molecule has 1 N–H and O–H groups in total. The molecular weight excluding hydrogens is 452 g/mol. The highest BCUT2D eigenvalue weighted by Crippen LogP contribution is 2.41. The number of esters is 1. The lowest BCUT2D eigenvalue weighted by atomic mass is 9.86. The second-order valence-corrected chi connectivity index (χ2v) is 11.3. The number of hydrogen-bond donors (Lipinski definition) is 1. The predicted octanol–water partition coefficient (Wildman–Crippen LogP) is 6.54. The van der Waals surface area contributed by atoms with Gasteiger partial charge >= 0.3 is 5.97 Å². The largest absolute Gasteiger partial charge is 0.457 e. The third-order valence-corrected chi connectivity index (χ3v) is 7.86. The zero-order valence-corrected chi connectivity index (χ0v) is 22.5. The van der Waals surface area contributed by atoms with Gasteiger partial charge in [0.05, 0.1) is 23.9 Å². The maximum absolute atomic E-state index is 12.1. The minimum absolute atomic E-state index is 0.0161. The fraction of sp³-hybridized carbons (Fsp3) is 0.581. The van der Waals surface area contributed by atoms with Crippen LogP contribution in [-0.4, -0.2) is 41.8 Å². The van der Waals surface area contributed by atoms with Crippen molar-refractivity contribution in [1.82, 2.24) is 0 Å². The van der Waals surface area contributed by atoms with E-state index in [1.807, 2.05) is 25.1 Å². The molecule has 0 aliphatic carbocycles. The van der Waals surface area contributed by atoms with Crippen LogP contribution in [0.3, 0.4) is 0 Å². The Bertz CT molecular complexity index is 1040. The van der Waals surface area contributed by atoms with E-state index in [1.54, 1.807) is 0 Å². The summed E-state index contributed by atoms with van der Waals surface area (Å²) in [5.74, 6) is 0.0270. The molecule has 1 aromatic rings. The number of benzene rings is 1. The van der Waals surface area contributed by atoms with Crippen LogP contribution < -0.4 is 0 Å². The van der Waals surface area contributed by atoms with Gasteiger partial charge in [0.2, 0.25) is 0 Å². The average Bonchev–Trinajstić information content (AvgIpc) is 2.82. The molecule has 5 nitrogen and oxygen atoms in total. The number of aryl methyl sites for hydroxylation is 1. The molecule has 4 rings (SSSR count). The summed E-state index contributed by atoms with van der Waals surface area (Å²) in [6.07, 6.45) is 13.3. The molecule has 0 saturated carbocycles. The third kappa shape index (κ3) is 6.56. The first-order valence-electron chi connectivity index (χ1n) is 13.5. The quantitative estimate of drug-likeness (QED) is 0.359. The van der Waals surface area contributed by atoms with Gasteiger partial charge in [0.25, 0.3) is 0 Å². The Balaban J connectivity index is 1.31. The molecule has 0 unspecified atom stereocenters. The van der Waals surface area contributed by atoms with Crippen LogP contribution in [-0.2, 0) is 14.2 Å². The predicted molar refractivity (Wildman–Crippen MR) is 143 cm³/mol. The normalized spacial score (nSPS) is 33.1. The zero-order chi connectivity index (χ0) is 25.9. The summed E-state index contributed by atoms with van der Waals surface area (Å²) in [5, 5.41) is 10.5. The summed E-state index contributed by atoms with van der Waals surface area (Å²) in [7, 11) is 0. The summed E-state index contributed by atoms with van der Waals surface area (Å²) in [6.45, 7) is 11.0. The van der Waals surface area contributed by atoms with Crippen molar-refractivity contribution in [1.29, 1.82) is 0 Å². The number of carbonyl (C=O) groups excluding carboxylic acids is 1. The van der Waals surface area contributed by atoms with Gasteiger partial charge in [-0.25, -0.2) is 4.79 Å². The van der Waals surface area contributed by atoms with E-state index in [2.05, 4.69) is 52.0 Å². The van der Waals surface area contributed by atoms with E-state index < -0.39 is 5.79 Å². The molecule has 5 heteroatoms. The van der Waals surface area contributed by atoms with Gasteiger partial charge in [0, 0.05) is 19.3 Å². The van der Waals surface area contributed by atoms with Crippen LogP contribution in [0.4, 0.5) is 0 Å². The van der Waals surface area contributed by atoms with Gasteiger partial charge in [-0.15, -0.1) is 0 Å². The number of aliphatic hydroxyl groups excluding tert-OH is 1. The SMILES string of the molecule is CC(=CC[C@H]1C[C@H](O)C[C@]2(CC[C@H](C)[C@H](C)O2)O1)C[C@@H](C)C=CC=C1COC(=O)c2cc(C)ccc21. The molecule has 3 aliphatic heterocycles. The standard InChI is InChI=1S/C31H42O5/c1-20(7-6-8-25-19-34-30(33)29-16-22(3)10-12-28(25)29)15-21(2)9-11-27-17-26(32)18-31(36-27)14-13-23(4)24(5)35-31/h6-10,12,16,20,23-24,26-27,32H,11,13-15,17-19H2,1-5H3/t20-,23-,24-,26-,27-,31-/m0/s1. The van der Waals surface area contributed by atoms with Crippen LogP contribution in [0, 0.1) is 18.8 Å². The van der Waals surface area contributed by atoms with Gasteiger partial charge in [0.1, 0.15) is 6.61 Å². The van der Waals surface area contributed by atoms with Gasteiger partial charge in [0.15, 0.2) is 5.79 Å². The van der Waals surface area contributed by atoms with E-state index >= 15 is 0 Å². The number of hydrogen-bond acceptors (Lipinski definition) is 5. The highest BCUT2D eigenvalue weighted by atomic mass is 16.7. The van der Waals surface area contributed by atoms with Crippen molar-refractivity contribution in [2.24, 2.45) is 11.8 Å². The Labute approximate surface area is 216 Å². The number of cyclic esters (lactones) is 1. The Hall–Kier alpha value is -2.21. The van der Waals surface area contributed by atoms with E-state index in [0.29, 0.717) is 36.8 Å². The van der Waals surface area contributed by atoms with Crippen LogP contribution in [0.2, 0.25) is 0 Å². The zero-order valence-electron chi connectivity index (χ0n) is 22.5. The maximum Gasteiger partial charge on any atom is 0.339 e. The molecule has 2 fully saturated rings. The highest BCUT2D eigenvalue weighted by molar-refractivity contribution is 5.99. The van der Waals surface area contributed by atoms with Gasteiger partial charge in [-0.1, -0.05) is 61.4 Å². The van der Waals surface area contributed by atoms with Crippen LogP contribution >= 0.6 is 0 Å². The van der Waals surface area contributed by atoms with Crippen LogP contribution in [0.1, 0.15) is 87.7 Å². The number of aliphatic hydroxyl groups is 1. The Morgan fingerprint density at radius 3 is 2.83 bits per heavy atom. The number of rotatable bonds is 6. The summed E-state index contributed by atoms with van der Waals surface area (Å²) in [4.78, 5) is 12.1. The first-order chi connectivity index (χ1) is 17.1. The number of carbonyl (C=O) groups is 1. The second-order valence-electron chi connectivity index (χ2n) is 11.3. The molecular formula is C31H42O5. The molecule has 0 bridgehead atoms. The third-order valence-electron chi connectivity index (χ3n) is 7.86. The first kappa shape index (κ1) is 26.8. The maximum atomic E-state index is 12.1. The van der Waals surface area contributed by atoms with Crippen LogP contribution in [0.15, 0.2) is 48.1 Å². The van der Waals surface area contributed by atoms with Gasteiger partial charge in [-0.3, -0.25) is 0 Å². The number of allylic oxidation sites excluding steroid dienone is 4. The van der Waals surface area contributed by atoms with Crippen LogP contribution in [0.5, 0.6) is 0 Å². The molecule has 0 amide bonds. The van der Waals surface area contributed by atoms with Gasteiger partial charge in [-0.2, -0.15) is 0 Å². The van der Waals surface area contributed by atoms with Gasteiger partial charge in [-0.05, 0) is 69.1 Å². The first-order valence-corrected chi connectivity index (χ1v) is 13.5. The number of fused-ring (bicyclic) bond motifs is 1. The smallest absolute Gasteiger partial charge is 0.339 e. The topological polar surface area (TPSA) is 65.0 Å². The monoisotopic (exact) mass is 494 g/mol. The summed E-state index contributed by atoms with van der Waals surface area (Å²) >= 11 is 0. The summed E-state index contributed by atoms with van der Waals surface area (Å²) < 4.78 is 18.1. The van der Waals surface area contributed by atoms with Crippen molar-refractivity contribution in [2.75, 3.05) is 6.61 Å². The molecule has 0 aromatic heterocycles. The minimum atomic E-state index is -0.621. The highest BCUT2D eigenvalue weighted by Gasteiger charge is 2.46. The van der Waals surface area contributed by atoms with E-state index in [9.17, 15) is 9.90 Å². The Kier molecular flexibility index (Phi) is 8.54. The fourth-order valence-electron chi connectivity index (χ4n) is 5.62. The van der Waals surface area contributed by atoms with Crippen molar-refractivity contribution in [3.63, 3.8) is 0 Å². The Morgan fingerprint density at radius 1 is 1.25 bits per heavy atom. The van der Waals surface area contributed by atoms with Gasteiger partial charge < -0.3 is 19.3 Å². The average molecular weight is 495 g/mol. The summed E-state index contributed by atoms with van der Waals surface area (Å²) in [5.41, 5.74) is 5.00. The molecule has 3 heterocycles. The van der Waals surface area contributed by atoms with Crippen molar-refractivity contribution < 1.29 is 24.1 Å². The molecule has 196 valence electrons. The number of ether oxygens (including phenoxy) is 3. The van der Waals surface area contributed by atoms with Crippen molar-refractivity contribution >= 4 is 11.5 Å². The van der Waals surface area contributed by atoms with Crippen molar-refractivity contribution in [3.8, 4) is 0 Å². The lowest BCUT2D eigenvalue weighted by Gasteiger charge is -2.48. The molecule has 3 aliphatic rings. The second kappa shape index (κ2) is 11.5. The molecule has 2 saturated heterocycles. The summed E-state index contributed by atoms with van der Waals surface area (Å²) in [6, 6.07) is 5.93. The lowest BCUT2D eigenvalue weighted by molar-refractivity contribution is -0.331. The van der Waals surface area contributed by atoms with Crippen LogP contribution in [0.25, 0.3) is 5.57 Å². The van der Waals surface area contributed by atoms with E-state index in [4.69, 9.17) is 14.2 Å². The molecule has 1 spiro atoms. The van der Waals surface area contributed by atoms with Crippen molar-refractivity contribution in [2.45, 2.75) is 97.2 Å². The Morgan fingerprint density at radius 2 is 2.06 bits per heavy atom. The fourth-order valence-corrected chi connectivity index (χ4v) is 5.62. The molecule has 6 atom stereocenters. The molecule has 36 heavy (non-hydrogen) atoms.